The van der Waals surface area contributed by atoms with Crippen LogP contribution in [0.5, 0.6) is 0 Å². The highest BCUT2D eigenvalue weighted by atomic mass is 16.5. The van der Waals surface area contributed by atoms with E-state index in [0.717, 1.165) is 45.2 Å². The summed E-state index contributed by atoms with van der Waals surface area (Å²) in [4.78, 5) is 9.93. The summed E-state index contributed by atoms with van der Waals surface area (Å²) in [5.41, 5.74) is 26.0. The molecule has 0 heterocycles. The summed E-state index contributed by atoms with van der Waals surface area (Å²) in [5, 5.41) is 8.18. The van der Waals surface area contributed by atoms with E-state index in [-0.39, 0.29) is 6.42 Å². The molecular weight excluding hydrogens is 310 g/mol. The minimum atomic E-state index is -0.716. The second kappa shape index (κ2) is 30.1. The van der Waals surface area contributed by atoms with Gasteiger partial charge in [0.25, 0.3) is 0 Å². The van der Waals surface area contributed by atoms with Crippen molar-refractivity contribution < 1.29 is 14.6 Å². The topological polar surface area (TPSA) is 177 Å². The zero-order chi connectivity index (χ0) is 18.9. The van der Waals surface area contributed by atoms with E-state index in [9.17, 15) is 4.79 Å². The monoisotopic (exact) mass is 351 g/mol. The standard InChI is InChI=1S/C6H16N2.C6H13NO2.C4H12N2O/c7-5-3-1-2-4-6-8;7-5-3-1-2-4-6(8)9;5-1-3-7-4-2-6/h1-8H2;1-5,7H2,(H,8,9);1-6H2. The lowest BCUT2D eigenvalue weighted by molar-refractivity contribution is -0.137. The quantitative estimate of drug-likeness (QED) is 0.236. The first-order valence-corrected chi connectivity index (χ1v) is 8.90. The molecule has 0 aliphatic rings. The molecular formula is C16H41N5O3. The number of ether oxygens (including phenoxy) is 1. The number of carboxylic acid groups (broad SMARTS) is 1. The minimum Gasteiger partial charge on any atom is -0.481 e. The Kier molecular flexibility index (Phi) is 35.2. The maximum Gasteiger partial charge on any atom is 0.303 e. The number of unbranched alkanes of at least 4 members (excludes halogenated alkanes) is 5. The number of nitrogens with two attached hydrogens (primary N) is 5. The third kappa shape index (κ3) is 42.9. The fraction of sp³-hybridized carbons (Fsp3) is 0.938. The van der Waals surface area contributed by atoms with Gasteiger partial charge in [0, 0.05) is 19.5 Å². The van der Waals surface area contributed by atoms with Gasteiger partial charge in [-0.3, -0.25) is 4.79 Å². The predicted octanol–water partition coefficient (Wildman–Crippen LogP) is -0.0253. The number of hydrogen-bond acceptors (Lipinski definition) is 7. The summed E-state index contributed by atoms with van der Waals surface area (Å²) >= 11 is 0. The molecule has 0 saturated carbocycles. The molecule has 24 heavy (non-hydrogen) atoms. The molecule has 0 aromatic heterocycles. The molecule has 8 nitrogen and oxygen atoms in total. The van der Waals surface area contributed by atoms with Crippen LogP contribution in [-0.4, -0.2) is 57.0 Å². The van der Waals surface area contributed by atoms with E-state index in [4.69, 9.17) is 38.5 Å². The SMILES string of the molecule is NCCCCCC(=O)O.NCCCCCCN.NCCOCCN. The molecule has 0 amide bonds. The molecule has 0 unspecified atom stereocenters. The Morgan fingerprint density at radius 2 is 1.00 bits per heavy atom. The molecule has 0 bridgehead atoms. The van der Waals surface area contributed by atoms with Gasteiger partial charge in [-0.15, -0.1) is 0 Å². The van der Waals surface area contributed by atoms with Crippen LogP contribution in [0.3, 0.4) is 0 Å². The van der Waals surface area contributed by atoms with Gasteiger partial charge >= 0.3 is 5.97 Å². The van der Waals surface area contributed by atoms with Crippen molar-refractivity contribution >= 4 is 5.97 Å². The molecule has 11 N–H and O–H groups in total. The lowest BCUT2D eigenvalue weighted by Gasteiger charge is -1.95. The second-order valence-electron chi connectivity index (χ2n) is 5.17. The lowest BCUT2D eigenvalue weighted by atomic mass is 10.2. The zero-order valence-corrected chi connectivity index (χ0v) is 15.3. The van der Waals surface area contributed by atoms with E-state index < -0.39 is 5.97 Å². The van der Waals surface area contributed by atoms with Crippen LogP contribution < -0.4 is 28.7 Å². The van der Waals surface area contributed by atoms with Gasteiger partial charge in [0.05, 0.1) is 13.2 Å². The van der Waals surface area contributed by atoms with Gasteiger partial charge in [0.1, 0.15) is 0 Å². The van der Waals surface area contributed by atoms with Crippen molar-refractivity contribution in [2.75, 3.05) is 45.9 Å². The molecule has 0 aliphatic heterocycles. The number of carbonyl (C=O) groups is 1. The van der Waals surface area contributed by atoms with Crippen LogP contribution in [0.4, 0.5) is 0 Å². The van der Waals surface area contributed by atoms with E-state index >= 15 is 0 Å². The Bertz CT molecular complexity index is 212. The van der Waals surface area contributed by atoms with Crippen molar-refractivity contribution in [3.8, 4) is 0 Å². The number of aliphatic carboxylic acids is 1. The highest BCUT2D eigenvalue weighted by Crippen LogP contribution is 1.97. The first-order chi connectivity index (χ1) is 11.6. The number of carboxylic acids is 1. The van der Waals surface area contributed by atoms with E-state index in [0.29, 0.717) is 32.8 Å². The average Bonchev–Trinajstić information content (AvgIpc) is 2.57. The van der Waals surface area contributed by atoms with Gasteiger partial charge in [-0.25, -0.2) is 0 Å². The van der Waals surface area contributed by atoms with Gasteiger partial charge in [0.2, 0.25) is 0 Å². The van der Waals surface area contributed by atoms with E-state index in [2.05, 4.69) is 0 Å². The molecule has 0 spiro atoms. The molecule has 0 fully saturated rings. The Morgan fingerprint density at radius 1 is 0.625 bits per heavy atom. The Morgan fingerprint density at radius 3 is 1.29 bits per heavy atom. The van der Waals surface area contributed by atoms with Crippen LogP contribution >= 0.6 is 0 Å². The van der Waals surface area contributed by atoms with E-state index in [1.54, 1.807) is 0 Å². The smallest absolute Gasteiger partial charge is 0.303 e. The summed E-state index contributed by atoms with van der Waals surface area (Å²) in [6.07, 6.45) is 7.70. The third-order valence-electron chi connectivity index (χ3n) is 2.78. The summed E-state index contributed by atoms with van der Waals surface area (Å²) in [6, 6.07) is 0. The van der Waals surface area contributed by atoms with Crippen molar-refractivity contribution in [1.29, 1.82) is 0 Å². The van der Waals surface area contributed by atoms with Crippen LogP contribution in [0.2, 0.25) is 0 Å². The van der Waals surface area contributed by atoms with Gasteiger partial charge in [-0.05, 0) is 45.3 Å². The van der Waals surface area contributed by atoms with Crippen LogP contribution in [0, 0.1) is 0 Å². The first-order valence-electron chi connectivity index (χ1n) is 8.90. The molecule has 0 saturated heterocycles. The van der Waals surface area contributed by atoms with Crippen LogP contribution in [0.25, 0.3) is 0 Å². The molecule has 148 valence electrons. The summed E-state index contributed by atoms with van der Waals surface area (Å²) < 4.78 is 4.88. The second-order valence-corrected chi connectivity index (χ2v) is 5.17. The molecule has 0 aromatic rings. The van der Waals surface area contributed by atoms with Gasteiger partial charge in [0.15, 0.2) is 0 Å². The predicted molar refractivity (Wildman–Crippen MR) is 101 cm³/mol. The highest BCUT2D eigenvalue weighted by molar-refractivity contribution is 5.66. The Labute approximate surface area is 147 Å². The lowest BCUT2D eigenvalue weighted by Crippen LogP contribution is -2.13. The fourth-order valence-electron chi connectivity index (χ4n) is 1.51. The van der Waals surface area contributed by atoms with Crippen molar-refractivity contribution in [2.24, 2.45) is 28.7 Å². The highest BCUT2D eigenvalue weighted by Gasteiger charge is 1.94. The van der Waals surface area contributed by atoms with E-state index in [1.807, 2.05) is 0 Å². The van der Waals surface area contributed by atoms with Crippen LogP contribution in [0.1, 0.15) is 51.4 Å². The van der Waals surface area contributed by atoms with Gasteiger partial charge in [-0.2, -0.15) is 0 Å². The summed E-state index contributed by atoms with van der Waals surface area (Å²) in [5.74, 6) is -0.716. The zero-order valence-electron chi connectivity index (χ0n) is 15.3. The molecule has 0 rings (SSSR count). The largest absolute Gasteiger partial charge is 0.481 e. The van der Waals surface area contributed by atoms with E-state index in [1.165, 1.54) is 12.8 Å². The van der Waals surface area contributed by atoms with Crippen LogP contribution in [-0.2, 0) is 9.53 Å². The molecule has 0 atom stereocenters. The van der Waals surface area contributed by atoms with Crippen molar-refractivity contribution in [3.63, 3.8) is 0 Å². The third-order valence-corrected chi connectivity index (χ3v) is 2.78. The fourth-order valence-corrected chi connectivity index (χ4v) is 1.51. The average molecular weight is 352 g/mol. The van der Waals surface area contributed by atoms with Crippen molar-refractivity contribution in [1.82, 2.24) is 0 Å². The maximum absolute atomic E-state index is 9.93. The van der Waals surface area contributed by atoms with Gasteiger partial charge in [-0.1, -0.05) is 19.3 Å². The number of rotatable bonds is 14. The Balaban J connectivity index is -0.000000278. The normalized spacial score (nSPS) is 9.54. The summed E-state index contributed by atoms with van der Waals surface area (Å²) in [7, 11) is 0. The van der Waals surface area contributed by atoms with Crippen LogP contribution in [0.15, 0.2) is 0 Å². The van der Waals surface area contributed by atoms with Crippen molar-refractivity contribution in [2.45, 2.75) is 51.4 Å². The molecule has 0 radical (unpaired) electrons. The first kappa shape index (κ1) is 28.1. The molecule has 8 heteroatoms. The van der Waals surface area contributed by atoms with Gasteiger partial charge < -0.3 is 38.5 Å². The molecule has 0 aliphatic carbocycles. The minimum absolute atomic E-state index is 0.278. The van der Waals surface area contributed by atoms with Crippen molar-refractivity contribution in [3.05, 3.63) is 0 Å². The Hall–Kier alpha value is -0.770. The summed E-state index contributed by atoms with van der Waals surface area (Å²) in [6.45, 7) is 4.73. The molecule has 0 aromatic carbocycles. The number of hydrogen-bond donors (Lipinski definition) is 6. The maximum atomic E-state index is 9.93.